The Hall–Kier alpha value is -2.04. The average Bonchev–Trinajstić information content (AvgIpc) is 2.13. The summed E-state index contributed by atoms with van der Waals surface area (Å²) < 4.78 is 0. The third-order valence-corrected chi connectivity index (χ3v) is 1.44. The van der Waals surface area contributed by atoms with Crippen LogP contribution in [-0.4, -0.2) is 21.3 Å². The Labute approximate surface area is 72.5 Å². The second-order valence-electron chi connectivity index (χ2n) is 2.30. The third kappa shape index (κ3) is 1.58. The highest BCUT2D eigenvalue weighted by molar-refractivity contribution is 5.93. The number of aromatic hydroxyl groups is 2. The van der Waals surface area contributed by atoms with Crippen LogP contribution in [0.15, 0.2) is 23.0 Å². The van der Waals surface area contributed by atoms with Crippen LogP contribution in [0.1, 0.15) is 10.4 Å². The Bertz CT molecular complexity index is 410. The Balaban J connectivity index is 3.68. The summed E-state index contributed by atoms with van der Waals surface area (Å²) in [5, 5.41) is 26.6. The molecule has 0 radical (unpaired) electrons. The largest absolute Gasteiger partial charge is 0.507 e. The predicted octanol–water partition coefficient (Wildman–Crippen LogP) is 0.156. The van der Waals surface area contributed by atoms with Gasteiger partial charge in [0, 0.05) is 0 Å². The zero-order valence-corrected chi connectivity index (χ0v) is 6.39. The molecule has 1 aromatic rings. The maximum Gasteiger partial charge on any atom is 0.343 e. The van der Waals surface area contributed by atoms with E-state index in [1.54, 1.807) is 0 Å². The summed E-state index contributed by atoms with van der Waals surface area (Å²) in [6.45, 7) is 0. The van der Waals surface area contributed by atoms with Gasteiger partial charge in [-0.2, -0.15) is 0 Å². The number of carboxylic acid groups (broad SMARTS) is 1. The molecular weight excluding hydrogens is 176 g/mol. The lowest BCUT2D eigenvalue weighted by molar-refractivity contribution is 0.0690. The maximum atomic E-state index is 10.9. The summed E-state index contributed by atoms with van der Waals surface area (Å²) in [6, 6.07) is 3.13. The molecule has 0 spiro atoms. The second-order valence-corrected chi connectivity index (χ2v) is 2.30. The fourth-order valence-electron chi connectivity index (χ4n) is 0.844. The molecule has 0 saturated carbocycles. The van der Waals surface area contributed by atoms with Crippen molar-refractivity contribution in [1.29, 1.82) is 0 Å². The topological polar surface area (TPSA) is 94.8 Å². The quantitative estimate of drug-likeness (QED) is 0.574. The Kier molecular flexibility index (Phi) is 2.19. The lowest BCUT2D eigenvalue weighted by Crippen LogP contribution is -2.02. The molecule has 0 aliphatic heterocycles. The van der Waals surface area contributed by atoms with E-state index in [1.165, 1.54) is 0 Å². The van der Waals surface area contributed by atoms with Crippen LogP contribution < -0.4 is 5.43 Å². The van der Waals surface area contributed by atoms with Crippen LogP contribution in [0.4, 0.5) is 0 Å². The molecule has 0 aromatic heterocycles. The minimum absolute atomic E-state index is 0.646. The molecule has 1 rings (SSSR count). The summed E-state index contributed by atoms with van der Waals surface area (Å²) in [4.78, 5) is 21.3. The van der Waals surface area contributed by atoms with Crippen molar-refractivity contribution in [2.45, 2.75) is 0 Å². The Morgan fingerprint density at radius 3 is 2.38 bits per heavy atom. The first-order valence-corrected chi connectivity index (χ1v) is 3.32. The Morgan fingerprint density at radius 2 is 1.85 bits per heavy atom. The van der Waals surface area contributed by atoms with Crippen LogP contribution in [0.2, 0.25) is 0 Å². The number of hydrogen-bond acceptors (Lipinski definition) is 4. The van der Waals surface area contributed by atoms with Gasteiger partial charge in [0.15, 0.2) is 5.75 Å². The van der Waals surface area contributed by atoms with Gasteiger partial charge in [0.25, 0.3) is 0 Å². The highest BCUT2D eigenvalue weighted by Crippen LogP contribution is 2.20. The van der Waals surface area contributed by atoms with Crippen molar-refractivity contribution in [3.05, 3.63) is 34.0 Å². The van der Waals surface area contributed by atoms with E-state index >= 15 is 0 Å². The number of hydrogen-bond donors (Lipinski definition) is 3. The van der Waals surface area contributed by atoms with Crippen LogP contribution in [0.25, 0.3) is 0 Å². The zero-order chi connectivity index (χ0) is 10.0. The first-order chi connectivity index (χ1) is 6.04. The minimum atomic E-state index is -1.55. The number of aromatic carboxylic acids is 1. The predicted molar refractivity (Wildman–Crippen MR) is 43.0 cm³/mol. The molecule has 0 aliphatic carbocycles. The summed E-state index contributed by atoms with van der Waals surface area (Å²) in [5.41, 5.74) is -1.63. The fraction of sp³-hybridized carbons (Fsp3) is 0. The summed E-state index contributed by atoms with van der Waals surface area (Å²) in [6.07, 6.45) is 0. The summed E-state index contributed by atoms with van der Waals surface area (Å²) >= 11 is 0. The van der Waals surface area contributed by atoms with Crippen molar-refractivity contribution in [2.75, 3.05) is 0 Å². The summed E-state index contributed by atoms with van der Waals surface area (Å²) in [5.74, 6) is -3.16. The third-order valence-electron chi connectivity index (χ3n) is 1.44. The fourth-order valence-corrected chi connectivity index (χ4v) is 0.844. The van der Waals surface area contributed by atoms with E-state index < -0.39 is 28.5 Å². The van der Waals surface area contributed by atoms with E-state index in [1.807, 2.05) is 0 Å². The molecule has 0 fully saturated rings. The van der Waals surface area contributed by atoms with E-state index in [9.17, 15) is 9.59 Å². The number of carboxylic acids is 1. The molecule has 0 heterocycles. The molecule has 5 nitrogen and oxygen atoms in total. The molecule has 68 valence electrons. The van der Waals surface area contributed by atoms with Gasteiger partial charge in [-0.1, -0.05) is 6.07 Å². The molecule has 0 saturated heterocycles. The maximum absolute atomic E-state index is 10.9. The van der Waals surface area contributed by atoms with Crippen molar-refractivity contribution in [3.8, 4) is 11.5 Å². The molecule has 0 aliphatic rings. The SMILES string of the molecule is O=C(O)c1c(O)cccc(=O)c1O. The lowest BCUT2D eigenvalue weighted by atomic mass is 10.2. The van der Waals surface area contributed by atoms with Gasteiger partial charge >= 0.3 is 5.97 Å². The van der Waals surface area contributed by atoms with Gasteiger partial charge in [-0.25, -0.2) is 4.79 Å². The first kappa shape index (κ1) is 9.05. The van der Waals surface area contributed by atoms with Crippen molar-refractivity contribution in [3.63, 3.8) is 0 Å². The van der Waals surface area contributed by atoms with Crippen molar-refractivity contribution < 1.29 is 20.1 Å². The van der Waals surface area contributed by atoms with Gasteiger partial charge in [0.2, 0.25) is 5.43 Å². The van der Waals surface area contributed by atoms with Crippen molar-refractivity contribution in [1.82, 2.24) is 0 Å². The standard InChI is InChI=1S/C8H6O5/c9-4-2-1-3-5(10)7(11)6(4)8(12)13/h1-3,9H,(H,10,11)(H,12,13). The van der Waals surface area contributed by atoms with Crippen LogP contribution in [0.5, 0.6) is 11.5 Å². The Morgan fingerprint density at radius 1 is 1.23 bits per heavy atom. The smallest absolute Gasteiger partial charge is 0.343 e. The molecule has 0 amide bonds. The van der Waals surface area contributed by atoms with Gasteiger partial charge in [-0.3, -0.25) is 4.79 Å². The van der Waals surface area contributed by atoms with E-state index in [2.05, 4.69) is 0 Å². The monoisotopic (exact) mass is 182 g/mol. The van der Waals surface area contributed by atoms with Crippen LogP contribution in [0, 0.1) is 0 Å². The lowest BCUT2D eigenvalue weighted by Gasteiger charge is -1.94. The molecule has 3 N–H and O–H groups in total. The minimum Gasteiger partial charge on any atom is -0.507 e. The summed E-state index contributed by atoms with van der Waals surface area (Å²) in [7, 11) is 0. The average molecular weight is 182 g/mol. The zero-order valence-electron chi connectivity index (χ0n) is 6.39. The van der Waals surface area contributed by atoms with Gasteiger partial charge in [0.05, 0.1) is 0 Å². The highest BCUT2D eigenvalue weighted by Gasteiger charge is 2.15. The van der Waals surface area contributed by atoms with Gasteiger partial charge < -0.3 is 15.3 Å². The van der Waals surface area contributed by atoms with Crippen molar-refractivity contribution >= 4 is 5.97 Å². The number of carbonyl (C=O) groups is 1. The van der Waals surface area contributed by atoms with Crippen LogP contribution in [0.3, 0.4) is 0 Å². The first-order valence-electron chi connectivity index (χ1n) is 3.32. The van der Waals surface area contributed by atoms with E-state index in [4.69, 9.17) is 15.3 Å². The normalized spacial score (nSPS) is 9.54. The molecule has 1 aromatic carbocycles. The molecule has 0 unspecified atom stereocenters. The molecule has 5 heteroatoms. The molecule has 0 bridgehead atoms. The highest BCUT2D eigenvalue weighted by atomic mass is 16.4. The molecular formula is C8H6O5. The van der Waals surface area contributed by atoms with E-state index in [0.29, 0.717) is 0 Å². The van der Waals surface area contributed by atoms with Crippen LogP contribution >= 0.6 is 0 Å². The second kappa shape index (κ2) is 3.14. The van der Waals surface area contributed by atoms with Gasteiger partial charge in [-0.15, -0.1) is 0 Å². The van der Waals surface area contributed by atoms with Crippen molar-refractivity contribution in [2.24, 2.45) is 0 Å². The van der Waals surface area contributed by atoms with E-state index in [-0.39, 0.29) is 0 Å². The van der Waals surface area contributed by atoms with Gasteiger partial charge in [-0.05, 0) is 12.1 Å². The van der Waals surface area contributed by atoms with Crippen LogP contribution in [-0.2, 0) is 0 Å². The molecule has 13 heavy (non-hydrogen) atoms. The van der Waals surface area contributed by atoms with Gasteiger partial charge in [0.1, 0.15) is 11.3 Å². The number of rotatable bonds is 1. The molecule has 0 atom stereocenters. The van der Waals surface area contributed by atoms with E-state index in [0.717, 1.165) is 18.2 Å².